The van der Waals surface area contributed by atoms with Gasteiger partial charge < -0.3 is 10.6 Å². The SMILES string of the molecule is CC(C)C(=O)C(C)C.CC(C)C=NC(C)C.CC(C)CNC(C)C.CC(C)NC(=O)C(C)C.CC(C)SC(C)C.CC(C)SCC(=O)C(C)C.CC(C)SSC(C)C.CC(C)c1cn(C(C)C)nn1. The van der Waals surface area contributed by atoms with E-state index in [1.165, 1.54) is 0 Å². The van der Waals surface area contributed by atoms with Crippen molar-refractivity contribution >= 4 is 68.8 Å². The van der Waals surface area contributed by atoms with Gasteiger partial charge in [-0.3, -0.25) is 19.4 Å². The Balaban J connectivity index is -0.000000128. The van der Waals surface area contributed by atoms with Crippen LogP contribution in [0.15, 0.2) is 11.2 Å². The molecule has 69 heavy (non-hydrogen) atoms. The number of hydrogen-bond donors (Lipinski definition) is 2. The fourth-order valence-corrected chi connectivity index (χ4v) is 7.62. The molecule has 0 unspecified atom stereocenters. The Morgan fingerprint density at radius 1 is 0.580 bits per heavy atom. The van der Waals surface area contributed by atoms with E-state index in [1.807, 2.05) is 120 Å². The first-order valence-corrected chi connectivity index (χ1v) is 30.7. The first-order valence-electron chi connectivity index (χ1n) is 26.4. The summed E-state index contributed by atoms with van der Waals surface area (Å²) in [4.78, 5) is 36.9. The van der Waals surface area contributed by atoms with Crippen LogP contribution in [0, 0.1) is 35.5 Å². The molecule has 9 nitrogen and oxygen atoms in total. The standard InChI is InChI=1S/C8H15N3.C8H16OS.C7H15NO.C7H17N.C7H15N.C7H14O.C6H14S2.C6H14S/c1-6(2)8-5-11(7(3)4)10-9-8;1-6(2)8(9)5-10-7(3)4;1-5(2)7(9)8-6(3)4;2*1-6(2)5-8-7(3)4;1-5(2)7(8)6(3)4;1-5(2)7-8-6(3)4;1-5(2)7-6(3)4/h5-7H,1-4H3;6-7H,5H2,1-4H3;5-6H,1-4H3,(H,8,9);6-8H,5H2,1-4H3;5-7H,1-4H3;2*5-6H,1-4H3;5-6H,1-4H3. The van der Waals surface area contributed by atoms with Crippen molar-refractivity contribution in [3.05, 3.63) is 11.9 Å². The maximum Gasteiger partial charge on any atom is 0.222 e. The van der Waals surface area contributed by atoms with E-state index in [4.69, 9.17) is 0 Å². The monoisotopic (exact) mass is 1050 g/mol. The molecule has 1 aromatic rings. The van der Waals surface area contributed by atoms with E-state index in [9.17, 15) is 14.4 Å². The van der Waals surface area contributed by atoms with Gasteiger partial charge in [0.15, 0.2) is 0 Å². The van der Waals surface area contributed by atoms with E-state index in [-0.39, 0.29) is 35.6 Å². The fraction of sp³-hybridized carbons (Fsp3) is 0.893. The predicted octanol–water partition coefficient (Wildman–Crippen LogP) is 16.9. The molecule has 416 valence electrons. The third-order valence-corrected chi connectivity index (χ3v) is 13.3. The highest BCUT2D eigenvalue weighted by molar-refractivity contribution is 8.77. The fourth-order valence-electron chi connectivity index (χ4n) is 3.92. The second kappa shape index (κ2) is 51.9. The summed E-state index contributed by atoms with van der Waals surface area (Å²) in [7, 11) is 3.91. The smallest absolute Gasteiger partial charge is 0.222 e. The molecule has 1 heterocycles. The number of nitrogens with one attached hydrogen (secondary N) is 2. The molecule has 0 fully saturated rings. The topological polar surface area (TPSA) is 118 Å². The number of nitrogens with zero attached hydrogens (tertiary/aromatic N) is 4. The molecule has 0 saturated carbocycles. The molecule has 0 saturated heterocycles. The molecule has 0 aliphatic carbocycles. The highest BCUT2D eigenvalue weighted by Gasteiger charge is 2.11. The van der Waals surface area contributed by atoms with Crippen LogP contribution in [0.2, 0.25) is 0 Å². The van der Waals surface area contributed by atoms with Crippen molar-refractivity contribution in [3.8, 4) is 0 Å². The summed E-state index contributed by atoms with van der Waals surface area (Å²) in [5.41, 5.74) is 1.07. The highest BCUT2D eigenvalue weighted by Crippen LogP contribution is 2.29. The summed E-state index contributed by atoms with van der Waals surface area (Å²) >= 11 is 3.73. The van der Waals surface area contributed by atoms with Crippen LogP contribution in [0.3, 0.4) is 0 Å². The Kier molecular flexibility index (Phi) is 61.6. The van der Waals surface area contributed by atoms with Crippen LogP contribution in [0.5, 0.6) is 0 Å². The maximum absolute atomic E-state index is 11.0. The van der Waals surface area contributed by atoms with Gasteiger partial charge in [0.25, 0.3) is 0 Å². The van der Waals surface area contributed by atoms with E-state index < -0.39 is 0 Å². The quantitative estimate of drug-likeness (QED) is 0.0965. The van der Waals surface area contributed by atoms with Gasteiger partial charge in [0.05, 0.1) is 11.4 Å². The van der Waals surface area contributed by atoms with Crippen molar-refractivity contribution in [1.29, 1.82) is 0 Å². The third kappa shape index (κ3) is 78.6. The largest absolute Gasteiger partial charge is 0.354 e. The lowest BCUT2D eigenvalue weighted by atomic mass is 9.99. The molecule has 1 amide bonds. The van der Waals surface area contributed by atoms with E-state index in [2.05, 4.69) is 178 Å². The van der Waals surface area contributed by atoms with Crippen LogP contribution in [0.25, 0.3) is 0 Å². The summed E-state index contributed by atoms with van der Waals surface area (Å²) in [6, 6.07) is 1.77. The number of ketones is 2. The van der Waals surface area contributed by atoms with Crippen LogP contribution in [-0.2, 0) is 14.4 Å². The Morgan fingerprint density at radius 3 is 1.16 bits per heavy atom. The first-order chi connectivity index (χ1) is 31.2. The molecule has 13 heteroatoms. The lowest BCUT2D eigenvalue weighted by Gasteiger charge is -2.09. The van der Waals surface area contributed by atoms with E-state index in [0.717, 1.165) is 39.2 Å². The number of carbonyl (C=O) groups is 3. The van der Waals surface area contributed by atoms with Gasteiger partial charge >= 0.3 is 0 Å². The minimum absolute atomic E-state index is 0.104. The van der Waals surface area contributed by atoms with Crippen molar-refractivity contribution in [2.45, 2.75) is 278 Å². The van der Waals surface area contributed by atoms with E-state index in [1.54, 1.807) is 11.8 Å². The van der Waals surface area contributed by atoms with Crippen molar-refractivity contribution in [2.75, 3.05) is 12.3 Å². The number of aromatic nitrogens is 3. The normalized spacial score (nSPS) is 11.2. The maximum atomic E-state index is 11.0. The Labute approximate surface area is 448 Å². The van der Waals surface area contributed by atoms with Crippen LogP contribution >= 0.6 is 45.1 Å². The van der Waals surface area contributed by atoms with Crippen LogP contribution in [0.4, 0.5) is 0 Å². The minimum Gasteiger partial charge on any atom is -0.354 e. The van der Waals surface area contributed by atoms with Crippen molar-refractivity contribution < 1.29 is 14.4 Å². The first kappa shape index (κ1) is 82.0. The van der Waals surface area contributed by atoms with Gasteiger partial charge in [0.1, 0.15) is 11.6 Å². The number of amides is 1. The molecule has 0 spiro atoms. The summed E-state index contributed by atoms with van der Waals surface area (Å²) < 4.78 is 1.88. The van der Waals surface area contributed by atoms with Crippen LogP contribution < -0.4 is 10.6 Å². The van der Waals surface area contributed by atoms with Gasteiger partial charge in [-0.05, 0) is 81.6 Å². The molecule has 0 bridgehead atoms. The average molecular weight is 1050 g/mol. The molecular weight excluding hydrogens is 933 g/mol. The molecule has 0 atom stereocenters. The number of rotatable bonds is 20. The number of aliphatic imine (C=N–C) groups is 1. The summed E-state index contributed by atoms with van der Waals surface area (Å²) in [5, 5.41) is 17.9. The average Bonchev–Trinajstić information content (AvgIpc) is 3.70. The Morgan fingerprint density at radius 2 is 1.01 bits per heavy atom. The van der Waals surface area contributed by atoms with Gasteiger partial charge in [-0.15, -0.1) is 5.10 Å². The van der Waals surface area contributed by atoms with Crippen LogP contribution in [0.1, 0.15) is 239 Å². The van der Waals surface area contributed by atoms with Crippen molar-refractivity contribution in [2.24, 2.45) is 40.5 Å². The summed E-state index contributed by atoms with van der Waals surface area (Å²) in [5.74, 6) is 4.07. The van der Waals surface area contributed by atoms with E-state index in [0.29, 0.717) is 52.5 Å². The summed E-state index contributed by atoms with van der Waals surface area (Å²) in [6.45, 7) is 68.1. The van der Waals surface area contributed by atoms with Crippen molar-refractivity contribution in [1.82, 2.24) is 25.6 Å². The number of thioether (sulfide) groups is 2. The zero-order valence-electron chi connectivity index (χ0n) is 51.5. The zero-order valence-corrected chi connectivity index (χ0v) is 54.7. The lowest BCUT2D eigenvalue weighted by Crippen LogP contribution is -2.33. The summed E-state index contributed by atoms with van der Waals surface area (Å²) in [6.07, 6.45) is 4.00. The predicted molar refractivity (Wildman–Crippen MR) is 324 cm³/mol. The van der Waals surface area contributed by atoms with Gasteiger partial charge in [0, 0.05) is 70.8 Å². The lowest BCUT2D eigenvalue weighted by molar-refractivity contribution is -0.125. The van der Waals surface area contributed by atoms with Gasteiger partial charge in [-0.1, -0.05) is 207 Å². The second-order valence-electron chi connectivity index (χ2n) is 22.0. The van der Waals surface area contributed by atoms with Gasteiger partial charge in [-0.2, -0.15) is 23.5 Å². The number of carbonyl (C=O) groups excluding carboxylic acids is 3. The minimum atomic E-state index is 0.104. The second-order valence-corrected chi connectivity index (χ2v) is 29.1. The Hall–Kier alpha value is -1.02. The molecule has 0 aliphatic rings. The van der Waals surface area contributed by atoms with Crippen LogP contribution in [-0.4, -0.2) is 95.4 Å². The number of Topliss-reactive ketones (excluding diaryl/α,β-unsaturated/α-hetero) is 2. The van der Waals surface area contributed by atoms with Gasteiger partial charge in [-0.25, -0.2) is 4.68 Å². The molecule has 1 rings (SSSR count). The third-order valence-electron chi connectivity index (χ3n) is 7.55. The molecular formula is C56H120N6O3S4. The zero-order chi connectivity index (χ0) is 56.3. The Bertz CT molecular complexity index is 1220. The van der Waals surface area contributed by atoms with Crippen molar-refractivity contribution in [3.63, 3.8) is 0 Å². The van der Waals surface area contributed by atoms with Gasteiger partial charge in [0.2, 0.25) is 5.91 Å². The highest BCUT2D eigenvalue weighted by atomic mass is 33.1. The molecule has 0 radical (unpaired) electrons. The molecule has 0 aliphatic heterocycles. The molecule has 2 N–H and O–H groups in total. The number of hydrogen-bond acceptors (Lipinski definition) is 11. The van der Waals surface area contributed by atoms with E-state index >= 15 is 0 Å². The molecule has 1 aromatic heterocycles. The molecule has 0 aromatic carbocycles.